The Morgan fingerprint density at radius 3 is 1.04 bits per heavy atom. The van der Waals surface area contributed by atoms with E-state index in [1.165, 1.54) is 55.4 Å². The van der Waals surface area contributed by atoms with E-state index >= 15 is 0 Å². The van der Waals surface area contributed by atoms with Crippen molar-refractivity contribution < 1.29 is 81.3 Å². The maximum atomic E-state index is 13.5. The minimum atomic E-state index is -3.91. The highest BCUT2D eigenvalue weighted by molar-refractivity contribution is 7.89. The Bertz CT molecular complexity index is 4140. The number of nitrogens with zero attached hydrogens (tertiary/aromatic N) is 3. The highest BCUT2D eigenvalue weighted by Crippen LogP contribution is 2.35. The molecule has 6 aromatic rings. The number of allylic oxidation sites excluding steroid dienone is 3. The molecule has 3 saturated heterocycles. The molecule has 0 aromatic heterocycles. The molecule has 3 aliphatic carbocycles. The Kier molecular flexibility index (Phi) is 19.9. The summed E-state index contributed by atoms with van der Waals surface area (Å²) in [4.78, 5) is 38.6. The standard InChI is InChI=1S/C21H20ClFN2O4S.C21H19F3N2O4S.C21H20F2N2O4S/c22-19-11-14(4-5-20(19)23)24-21(27)18-12-16(10-13-2-1-3-17(13)18)30(28,29)25-8-6-15(26)7-9-25;22-18-9-13(10-19(23)20(18)24)25-21(28)17-11-15(8-12-2-1-3-16(12)17)31(29,30)26-6-4-14(27)5-7-26;22-19-5-4-14(11-20(19)23)24-21(27)18-12-16(10-13-2-1-3-17(13)18)30(28,29)25-8-6-15(26)7-9-25/h1,3-5,10-12,15,26H,2,6-9H2,(H,24,27);1,3,8-11,14,27H,2,4-7H2,(H,25,28);1,3-5,10-12,15,26H,2,6-9H2,(H,24,27). The zero-order valence-corrected chi connectivity index (χ0v) is 51.3. The van der Waals surface area contributed by atoms with E-state index in [9.17, 15) is 81.3 Å². The Morgan fingerprint density at radius 1 is 0.407 bits per heavy atom. The third kappa shape index (κ3) is 14.7. The number of aliphatic hydroxyl groups is 3. The fourth-order valence-corrected chi connectivity index (χ4v) is 16.0. The molecule has 0 unspecified atom stereocenters. The number of anilines is 3. The molecule has 3 amide bonds. The molecule has 18 nitrogen and oxygen atoms in total. The molecule has 3 heterocycles. The Balaban J connectivity index is 0.000000150. The van der Waals surface area contributed by atoms with Crippen LogP contribution in [0.4, 0.5) is 43.4 Å². The van der Waals surface area contributed by atoms with E-state index in [1.54, 1.807) is 36.4 Å². The highest BCUT2D eigenvalue weighted by Gasteiger charge is 2.35. The average Bonchev–Trinajstić information content (AvgIpc) is 1.78. The minimum absolute atomic E-state index is 0.00298. The Hall–Kier alpha value is -7.57. The third-order valence-electron chi connectivity index (χ3n) is 16.1. The topological polar surface area (TPSA) is 260 Å². The number of hydrogen-bond acceptors (Lipinski definition) is 12. The second-order valence-electron chi connectivity index (χ2n) is 22.2. The van der Waals surface area contributed by atoms with E-state index in [1.807, 2.05) is 12.2 Å². The van der Waals surface area contributed by atoms with Gasteiger partial charge in [0.05, 0.1) is 38.0 Å². The normalized spacial score (nSPS) is 17.1. The summed E-state index contributed by atoms with van der Waals surface area (Å²) >= 11 is 5.78. The largest absolute Gasteiger partial charge is 0.393 e. The van der Waals surface area contributed by atoms with Gasteiger partial charge in [-0.3, -0.25) is 14.4 Å². The van der Waals surface area contributed by atoms with Gasteiger partial charge < -0.3 is 31.3 Å². The summed E-state index contributed by atoms with van der Waals surface area (Å²) in [6, 6.07) is 16.7. The molecule has 6 aromatic carbocycles. The maximum Gasteiger partial charge on any atom is 0.256 e. The number of nitrogens with one attached hydrogen (secondary N) is 3. The van der Waals surface area contributed by atoms with E-state index in [-0.39, 0.29) is 87.0 Å². The van der Waals surface area contributed by atoms with Crippen LogP contribution in [0.25, 0.3) is 18.2 Å². The van der Waals surface area contributed by atoms with Crippen molar-refractivity contribution in [2.75, 3.05) is 55.2 Å². The lowest BCUT2D eigenvalue weighted by atomic mass is 10.0. The summed E-state index contributed by atoms with van der Waals surface area (Å²) in [5.74, 6) is -9.19. The number of halogens is 7. The van der Waals surface area contributed by atoms with Gasteiger partial charge in [-0.1, -0.05) is 48.1 Å². The molecule has 28 heteroatoms. The maximum absolute atomic E-state index is 13.5. The van der Waals surface area contributed by atoms with E-state index < -0.39 is 101 Å². The van der Waals surface area contributed by atoms with Crippen molar-refractivity contribution in [3.63, 3.8) is 0 Å². The number of sulfonamides is 3. The molecule has 0 atom stereocenters. The van der Waals surface area contributed by atoms with Crippen molar-refractivity contribution in [3.05, 3.63) is 193 Å². The van der Waals surface area contributed by atoms with Crippen LogP contribution in [0.15, 0.2) is 118 Å². The van der Waals surface area contributed by atoms with E-state index in [4.69, 9.17) is 11.6 Å². The number of carbonyl (C=O) groups excluding carboxylic acids is 3. The van der Waals surface area contributed by atoms with Crippen molar-refractivity contribution >= 4 is 94.7 Å². The molecule has 480 valence electrons. The van der Waals surface area contributed by atoms with Gasteiger partial charge in [-0.05, 0) is 158 Å². The summed E-state index contributed by atoms with van der Waals surface area (Å²) in [6.07, 6.45) is 12.7. The van der Waals surface area contributed by atoms with E-state index in [2.05, 4.69) is 16.0 Å². The highest BCUT2D eigenvalue weighted by atomic mass is 35.5. The lowest BCUT2D eigenvalue weighted by molar-refractivity contribution is 0.101. The molecule has 0 bridgehead atoms. The van der Waals surface area contributed by atoms with Crippen LogP contribution in [0.1, 0.15) is 103 Å². The number of hydrogen-bond donors (Lipinski definition) is 6. The molecule has 91 heavy (non-hydrogen) atoms. The first-order valence-electron chi connectivity index (χ1n) is 28.7. The van der Waals surface area contributed by atoms with Crippen molar-refractivity contribution in [1.82, 2.24) is 12.9 Å². The second-order valence-corrected chi connectivity index (χ2v) is 28.5. The van der Waals surface area contributed by atoms with Crippen molar-refractivity contribution in [3.8, 4) is 0 Å². The van der Waals surface area contributed by atoms with Gasteiger partial charge in [0.25, 0.3) is 17.7 Å². The second kappa shape index (κ2) is 27.3. The van der Waals surface area contributed by atoms with Gasteiger partial charge in [0.1, 0.15) is 5.82 Å². The lowest BCUT2D eigenvalue weighted by Crippen LogP contribution is -2.40. The van der Waals surface area contributed by atoms with Crippen LogP contribution in [-0.2, 0) is 49.3 Å². The molecule has 12 rings (SSSR count). The zero-order valence-electron chi connectivity index (χ0n) is 48.1. The summed E-state index contributed by atoms with van der Waals surface area (Å²) in [7, 11) is -11.6. The van der Waals surface area contributed by atoms with Gasteiger partial charge >= 0.3 is 0 Å². The van der Waals surface area contributed by atoms with Crippen LogP contribution in [0.3, 0.4) is 0 Å². The van der Waals surface area contributed by atoms with Crippen LogP contribution < -0.4 is 16.0 Å². The van der Waals surface area contributed by atoms with Gasteiger partial charge in [-0.2, -0.15) is 12.9 Å². The first-order valence-corrected chi connectivity index (χ1v) is 33.4. The SMILES string of the molecule is O=C(Nc1cc(F)c(F)c(F)c1)c1cc(S(=O)(=O)N2CCC(O)CC2)cc2c1C=CC2.O=C(Nc1ccc(F)c(Cl)c1)c1cc(S(=O)(=O)N2CCC(O)CC2)cc2c1C=CC2.O=C(Nc1ccc(F)c(F)c1)c1cc(S(=O)(=O)N2CCC(O)CC2)cc2c1C=CC2. The van der Waals surface area contributed by atoms with Gasteiger partial charge in [0.15, 0.2) is 29.1 Å². The molecule has 6 N–H and O–H groups in total. The number of rotatable bonds is 12. The van der Waals surface area contributed by atoms with Crippen molar-refractivity contribution in [2.24, 2.45) is 0 Å². The van der Waals surface area contributed by atoms with Gasteiger partial charge in [0, 0.05) is 91.2 Å². The minimum Gasteiger partial charge on any atom is -0.393 e. The molecule has 3 aliphatic heterocycles. The van der Waals surface area contributed by atoms with Gasteiger partial charge in [-0.25, -0.2) is 51.6 Å². The molecule has 0 spiro atoms. The van der Waals surface area contributed by atoms with Crippen LogP contribution in [-0.4, -0.2) is 129 Å². The average molecular weight is 1340 g/mol. The molecule has 0 radical (unpaired) electrons. The van der Waals surface area contributed by atoms with Crippen molar-refractivity contribution in [1.29, 1.82) is 0 Å². The van der Waals surface area contributed by atoms with E-state index in [0.717, 1.165) is 23.8 Å². The van der Waals surface area contributed by atoms with E-state index in [0.29, 0.717) is 103 Å². The lowest BCUT2D eigenvalue weighted by Gasteiger charge is -2.29. The Morgan fingerprint density at radius 2 is 0.714 bits per heavy atom. The fraction of sp³-hybridized carbons (Fsp3) is 0.286. The van der Waals surface area contributed by atoms with Gasteiger partial charge in [-0.15, -0.1) is 0 Å². The zero-order chi connectivity index (χ0) is 65.3. The third-order valence-corrected chi connectivity index (χ3v) is 22.0. The van der Waals surface area contributed by atoms with Crippen LogP contribution >= 0.6 is 11.6 Å². The number of aliphatic hydroxyl groups excluding tert-OH is 3. The number of amides is 3. The number of benzene rings is 6. The quantitative estimate of drug-likeness (QED) is 0.0495. The molecule has 0 saturated carbocycles. The number of piperidine rings is 3. The molecule has 6 aliphatic rings. The van der Waals surface area contributed by atoms with Crippen molar-refractivity contribution in [2.45, 2.75) is 90.8 Å². The molecule has 3 fully saturated rings. The predicted molar refractivity (Wildman–Crippen MR) is 327 cm³/mol. The first kappa shape index (κ1) is 66.4. The summed E-state index contributed by atoms with van der Waals surface area (Å²) < 4.78 is 163. The number of fused-ring (bicyclic) bond motifs is 3. The first-order chi connectivity index (χ1) is 43.2. The smallest absolute Gasteiger partial charge is 0.256 e. The van der Waals surface area contributed by atoms with Crippen LogP contribution in [0.5, 0.6) is 0 Å². The monoisotopic (exact) mass is 1340 g/mol. The van der Waals surface area contributed by atoms with Crippen LogP contribution in [0, 0.1) is 34.9 Å². The molecular formula is C63H59ClF6N6O12S3. The number of carbonyl (C=O) groups is 3. The summed E-state index contributed by atoms with van der Waals surface area (Å²) in [5, 5.41) is 36.3. The molecular weight excluding hydrogens is 1280 g/mol. The summed E-state index contributed by atoms with van der Waals surface area (Å²) in [6.45, 7) is 1.19. The van der Waals surface area contributed by atoms with Gasteiger partial charge in [0.2, 0.25) is 30.1 Å². The predicted octanol–water partition coefficient (Wildman–Crippen LogP) is 9.45. The fourth-order valence-electron chi connectivity index (χ4n) is 11.1. The van der Waals surface area contributed by atoms with Crippen LogP contribution in [0.2, 0.25) is 5.02 Å². The summed E-state index contributed by atoms with van der Waals surface area (Å²) in [5.41, 5.74) is 4.29. The Labute approximate surface area is 525 Å².